The van der Waals surface area contributed by atoms with E-state index in [1.807, 2.05) is 12.1 Å². The second-order valence-electron chi connectivity index (χ2n) is 6.04. The van der Waals surface area contributed by atoms with Gasteiger partial charge in [-0.3, -0.25) is 4.79 Å². The zero-order valence-electron chi connectivity index (χ0n) is 13.4. The minimum Gasteiger partial charge on any atom is -0.366 e. The van der Waals surface area contributed by atoms with Crippen LogP contribution in [0.25, 0.3) is 11.0 Å². The summed E-state index contributed by atoms with van der Waals surface area (Å²) in [5.74, 6) is 1.14. The average molecular weight is 300 g/mol. The fourth-order valence-electron chi connectivity index (χ4n) is 3.57. The molecule has 1 aromatic heterocycles. The van der Waals surface area contributed by atoms with E-state index in [4.69, 9.17) is 10.7 Å². The second-order valence-corrected chi connectivity index (χ2v) is 6.04. The van der Waals surface area contributed by atoms with E-state index in [2.05, 4.69) is 23.3 Å². The summed E-state index contributed by atoms with van der Waals surface area (Å²) in [5.41, 5.74) is 7.79. The van der Waals surface area contributed by atoms with Gasteiger partial charge in [-0.25, -0.2) is 4.98 Å². The van der Waals surface area contributed by atoms with Gasteiger partial charge in [0.25, 0.3) is 5.91 Å². The Morgan fingerprint density at radius 3 is 2.91 bits per heavy atom. The van der Waals surface area contributed by atoms with Crippen molar-refractivity contribution in [2.45, 2.75) is 39.2 Å². The SMILES string of the molecule is CCCN1CCC(c2nc3c(C(N)=O)cccc3n2CC)C1. The number of imidazole rings is 1. The molecule has 2 aromatic rings. The van der Waals surface area contributed by atoms with Crippen molar-refractivity contribution < 1.29 is 4.79 Å². The maximum absolute atomic E-state index is 11.6. The summed E-state index contributed by atoms with van der Waals surface area (Å²) in [7, 11) is 0. The van der Waals surface area contributed by atoms with Crippen molar-refractivity contribution in [2.75, 3.05) is 19.6 Å². The lowest BCUT2D eigenvalue weighted by atomic mass is 10.1. The van der Waals surface area contributed by atoms with Crippen molar-refractivity contribution in [3.8, 4) is 0 Å². The number of aromatic nitrogens is 2. The van der Waals surface area contributed by atoms with Gasteiger partial charge in [0.15, 0.2) is 0 Å². The lowest BCUT2D eigenvalue weighted by molar-refractivity contribution is 0.100. The van der Waals surface area contributed by atoms with Gasteiger partial charge in [0.05, 0.1) is 11.1 Å². The monoisotopic (exact) mass is 300 g/mol. The Labute approximate surface area is 131 Å². The predicted octanol–water partition coefficient (Wildman–Crippen LogP) is 2.35. The summed E-state index contributed by atoms with van der Waals surface area (Å²) in [6, 6.07) is 5.68. The highest BCUT2D eigenvalue weighted by Gasteiger charge is 2.28. The number of amides is 1. The number of hydrogen-bond acceptors (Lipinski definition) is 3. The van der Waals surface area contributed by atoms with Crippen LogP contribution in [-0.2, 0) is 6.54 Å². The molecule has 1 atom stereocenters. The summed E-state index contributed by atoms with van der Waals surface area (Å²) in [6.07, 6.45) is 2.32. The van der Waals surface area contributed by atoms with Crippen LogP contribution in [0, 0.1) is 0 Å². The van der Waals surface area contributed by atoms with E-state index in [1.54, 1.807) is 6.07 Å². The maximum Gasteiger partial charge on any atom is 0.250 e. The van der Waals surface area contributed by atoms with Gasteiger partial charge in [-0.05, 0) is 45.0 Å². The van der Waals surface area contributed by atoms with Crippen molar-refractivity contribution in [1.29, 1.82) is 0 Å². The first kappa shape index (κ1) is 15.0. The van der Waals surface area contributed by atoms with Gasteiger partial charge >= 0.3 is 0 Å². The third-order valence-electron chi connectivity index (χ3n) is 4.57. The quantitative estimate of drug-likeness (QED) is 0.922. The Bertz CT molecular complexity index is 691. The van der Waals surface area contributed by atoms with E-state index in [-0.39, 0.29) is 0 Å². The minimum atomic E-state index is -0.406. The average Bonchev–Trinajstić information content (AvgIpc) is 3.10. The van der Waals surface area contributed by atoms with Crippen molar-refractivity contribution in [3.05, 3.63) is 29.6 Å². The van der Waals surface area contributed by atoms with E-state index in [0.717, 1.165) is 49.5 Å². The molecule has 1 aliphatic rings. The van der Waals surface area contributed by atoms with Crippen molar-refractivity contribution in [3.63, 3.8) is 0 Å². The van der Waals surface area contributed by atoms with E-state index in [1.165, 1.54) is 6.42 Å². The molecule has 2 heterocycles. The van der Waals surface area contributed by atoms with Gasteiger partial charge < -0.3 is 15.2 Å². The Kier molecular flexibility index (Phi) is 4.16. The third-order valence-corrected chi connectivity index (χ3v) is 4.57. The van der Waals surface area contributed by atoms with Crippen LogP contribution in [0.2, 0.25) is 0 Å². The first-order valence-corrected chi connectivity index (χ1v) is 8.17. The van der Waals surface area contributed by atoms with Crippen LogP contribution in [0.15, 0.2) is 18.2 Å². The summed E-state index contributed by atoms with van der Waals surface area (Å²) >= 11 is 0. The number of carbonyl (C=O) groups excluding carboxylic acids is 1. The molecule has 0 aliphatic carbocycles. The second kappa shape index (κ2) is 6.08. The van der Waals surface area contributed by atoms with E-state index < -0.39 is 5.91 Å². The smallest absolute Gasteiger partial charge is 0.250 e. The highest BCUT2D eigenvalue weighted by Crippen LogP contribution is 2.30. The fourth-order valence-corrected chi connectivity index (χ4v) is 3.57. The number of primary amides is 1. The molecule has 1 amide bonds. The van der Waals surface area contributed by atoms with Gasteiger partial charge in [-0.1, -0.05) is 13.0 Å². The highest BCUT2D eigenvalue weighted by atomic mass is 16.1. The van der Waals surface area contributed by atoms with Crippen LogP contribution >= 0.6 is 0 Å². The zero-order valence-corrected chi connectivity index (χ0v) is 13.4. The van der Waals surface area contributed by atoms with E-state index in [0.29, 0.717) is 11.5 Å². The van der Waals surface area contributed by atoms with Gasteiger partial charge in [0.1, 0.15) is 11.3 Å². The lowest BCUT2D eigenvalue weighted by Gasteiger charge is -2.15. The Hall–Kier alpha value is -1.88. The Morgan fingerprint density at radius 2 is 2.23 bits per heavy atom. The van der Waals surface area contributed by atoms with E-state index in [9.17, 15) is 4.79 Å². The number of fused-ring (bicyclic) bond motifs is 1. The summed E-state index contributed by atoms with van der Waals surface area (Å²) in [4.78, 5) is 19.0. The standard InChI is InChI=1S/C17H24N4O/c1-3-9-20-10-8-12(11-20)17-19-15-13(16(18)22)6-5-7-14(15)21(17)4-2/h5-7,12H,3-4,8-11H2,1-2H3,(H2,18,22). The number of nitrogens with two attached hydrogens (primary N) is 1. The molecule has 1 aromatic carbocycles. The molecule has 0 spiro atoms. The van der Waals surface area contributed by atoms with Crippen LogP contribution < -0.4 is 5.73 Å². The van der Waals surface area contributed by atoms with Gasteiger partial charge in [0.2, 0.25) is 0 Å². The number of likely N-dealkylation sites (tertiary alicyclic amines) is 1. The first-order valence-electron chi connectivity index (χ1n) is 8.17. The topological polar surface area (TPSA) is 64.2 Å². The van der Waals surface area contributed by atoms with Gasteiger partial charge in [-0.15, -0.1) is 0 Å². The molecule has 1 aliphatic heterocycles. The molecule has 1 saturated heterocycles. The number of aryl methyl sites for hydroxylation is 1. The maximum atomic E-state index is 11.6. The highest BCUT2D eigenvalue weighted by molar-refractivity contribution is 6.04. The van der Waals surface area contributed by atoms with Crippen LogP contribution in [0.1, 0.15) is 48.8 Å². The summed E-state index contributed by atoms with van der Waals surface area (Å²) in [5, 5.41) is 0. The molecule has 0 bridgehead atoms. The molecule has 22 heavy (non-hydrogen) atoms. The van der Waals surface area contributed by atoms with E-state index >= 15 is 0 Å². The zero-order chi connectivity index (χ0) is 15.7. The first-order chi connectivity index (χ1) is 10.7. The molecule has 5 nitrogen and oxygen atoms in total. The lowest BCUT2D eigenvalue weighted by Crippen LogP contribution is -2.21. The molecule has 1 fully saturated rings. The summed E-state index contributed by atoms with van der Waals surface area (Å²) in [6.45, 7) is 8.54. The number of hydrogen-bond donors (Lipinski definition) is 1. The van der Waals surface area contributed by atoms with Gasteiger partial charge in [0, 0.05) is 19.0 Å². The third kappa shape index (κ3) is 2.50. The predicted molar refractivity (Wildman–Crippen MR) is 88.0 cm³/mol. The summed E-state index contributed by atoms with van der Waals surface area (Å²) < 4.78 is 2.24. The molecule has 118 valence electrons. The van der Waals surface area contributed by atoms with Crippen LogP contribution in [0.5, 0.6) is 0 Å². The molecule has 1 unspecified atom stereocenters. The Morgan fingerprint density at radius 1 is 1.41 bits per heavy atom. The molecular formula is C17H24N4O. The molecule has 0 radical (unpaired) electrons. The number of carbonyl (C=O) groups is 1. The van der Waals surface area contributed by atoms with Crippen molar-refractivity contribution >= 4 is 16.9 Å². The number of rotatable bonds is 5. The van der Waals surface area contributed by atoms with Crippen LogP contribution in [-0.4, -0.2) is 40.0 Å². The molecule has 5 heteroatoms. The molecule has 3 rings (SSSR count). The van der Waals surface area contributed by atoms with Crippen molar-refractivity contribution in [2.24, 2.45) is 5.73 Å². The minimum absolute atomic E-state index is 0.406. The van der Waals surface area contributed by atoms with Crippen LogP contribution in [0.3, 0.4) is 0 Å². The number of benzene rings is 1. The molecular weight excluding hydrogens is 276 g/mol. The van der Waals surface area contributed by atoms with Gasteiger partial charge in [-0.2, -0.15) is 0 Å². The number of nitrogens with zero attached hydrogens (tertiary/aromatic N) is 3. The largest absolute Gasteiger partial charge is 0.366 e. The Balaban J connectivity index is 2.03. The van der Waals surface area contributed by atoms with Crippen LogP contribution in [0.4, 0.5) is 0 Å². The fraction of sp³-hybridized carbons (Fsp3) is 0.529. The number of para-hydroxylation sites is 1. The molecule has 0 saturated carbocycles. The molecule has 2 N–H and O–H groups in total. The normalized spacial score (nSPS) is 19.1. The van der Waals surface area contributed by atoms with Crippen molar-refractivity contribution in [1.82, 2.24) is 14.5 Å².